The van der Waals surface area contributed by atoms with Crippen molar-refractivity contribution in [2.45, 2.75) is 6.92 Å². The van der Waals surface area contributed by atoms with Gasteiger partial charge in [0.1, 0.15) is 5.75 Å². The lowest BCUT2D eigenvalue weighted by Crippen LogP contribution is -2.00. The van der Waals surface area contributed by atoms with E-state index >= 15 is 0 Å². The third kappa shape index (κ3) is 4.47. The Bertz CT molecular complexity index is 1140. The molecule has 0 radical (unpaired) electrons. The number of aromatic nitrogens is 2. The molecule has 0 aliphatic heterocycles. The summed E-state index contributed by atoms with van der Waals surface area (Å²) in [5.41, 5.74) is 8.29. The highest BCUT2D eigenvalue weighted by Crippen LogP contribution is 2.25. The Morgan fingerprint density at radius 3 is 2.10 bits per heavy atom. The predicted octanol–water partition coefficient (Wildman–Crippen LogP) is 5.27. The van der Waals surface area contributed by atoms with Crippen LogP contribution in [-0.4, -0.2) is 21.3 Å². The zero-order chi connectivity index (χ0) is 20.1. The molecule has 0 aliphatic rings. The molecule has 4 aromatic rings. The Balaban J connectivity index is 1.69. The second-order valence-corrected chi connectivity index (χ2v) is 6.62. The minimum absolute atomic E-state index is 0.164. The summed E-state index contributed by atoms with van der Waals surface area (Å²) in [6, 6.07) is 27.1. The van der Waals surface area contributed by atoms with Crippen molar-refractivity contribution < 1.29 is 5.11 Å². The molecule has 0 atom stereocenters. The molecule has 4 rings (SSSR count). The lowest BCUT2D eigenvalue weighted by molar-refractivity contribution is 0.474. The number of para-hydroxylation sites is 1. The predicted molar refractivity (Wildman–Crippen MR) is 117 cm³/mol. The van der Waals surface area contributed by atoms with E-state index in [1.165, 1.54) is 5.56 Å². The Morgan fingerprint density at radius 1 is 0.793 bits per heavy atom. The first-order valence-electron chi connectivity index (χ1n) is 9.28. The molecule has 5 nitrogen and oxygen atoms in total. The zero-order valence-corrected chi connectivity index (χ0v) is 15.9. The number of hydrogen-bond donors (Lipinski definition) is 2. The highest BCUT2D eigenvalue weighted by atomic mass is 16.3. The van der Waals surface area contributed by atoms with Gasteiger partial charge >= 0.3 is 0 Å². The van der Waals surface area contributed by atoms with Crippen LogP contribution >= 0.6 is 0 Å². The molecule has 2 N–H and O–H groups in total. The summed E-state index contributed by atoms with van der Waals surface area (Å²) < 4.78 is 0. The summed E-state index contributed by atoms with van der Waals surface area (Å²) in [6.45, 7) is 2.06. The van der Waals surface area contributed by atoms with Gasteiger partial charge in [-0.15, -0.1) is 0 Å². The molecule has 3 aromatic carbocycles. The van der Waals surface area contributed by atoms with Crippen molar-refractivity contribution in [2.24, 2.45) is 5.10 Å². The lowest BCUT2D eigenvalue weighted by atomic mass is 10.1. The SMILES string of the molecule is Cc1ccc(-c2cc(-c3ccccc3)nc(N/N=C/c3ccccc3O)n2)cc1. The van der Waals surface area contributed by atoms with Crippen LogP contribution in [0.3, 0.4) is 0 Å². The van der Waals surface area contributed by atoms with E-state index in [-0.39, 0.29) is 5.75 Å². The number of aromatic hydroxyl groups is 1. The van der Waals surface area contributed by atoms with Gasteiger partial charge < -0.3 is 5.11 Å². The Labute approximate surface area is 169 Å². The number of benzene rings is 3. The van der Waals surface area contributed by atoms with E-state index < -0.39 is 0 Å². The second-order valence-electron chi connectivity index (χ2n) is 6.62. The highest BCUT2D eigenvalue weighted by Gasteiger charge is 2.08. The fraction of sp³-hybridized carbons (Fsp3) is 0.0417. The van der Waals surface area contributed by atoms with Gasteiger partial charge in [0.15, 0.2) is 0 Å². The van der Waals surface area contributed by atoms with Gasteiger partial charge in [-0.25, -0.2) is 15.4 Å². The largest absolute Gasteiger partial charge is 0.507 e. The van der Waals surface area contributed by atoms with Gasteiger partial charge in [0, 0.05) is 16.7 Å². The Morgan fingerprint density at radius 2 is 1.41 bits per heavy atom. The van der Waals surface area contributed by atoms with Crippen LogP contribution in [0.1, 0.15) is 11.1 Å². The Hall–Kier alpha value is -3.99. The first-order chi connectivity index (χ1) is 14.2. The molecule has 0 spiro atoms. The number of hydrazone groups is 1. The molecule has 1 heterocycles. The van der Waals surface area contributed by atoms with Crippen molar-refractivity contribution in [3.05, 3.63) is 96.1 Å². The summed E-state index contributed by atoms with van der Waals surface area (Å²) in [7, 11) is 0. The third-order valence-corrected chi connectivity index (χ3v) is 4.45. The third-order valence-electron chi connectivity index (χ3n) is 4.45. The molecular weight excluding hydrogens is 360 g/mol. The van der Waals surface area contributed by atoms with E-state index in [0.717, 1.165) is 22.5 Å². The van der Waals surface area contributed by atoms with Crippen LogP contribution < -0.4 is 5.43 Å². The maximum Gasteiger partial charge on any atom is 0.244 e. The molecule has 1 aromatic heterocycles. The molecule has 29 heavy (non-hydrogen) atoms. The van der Waals surface area contributed by atoms with E-state index in [4.69, 9.17) is 0 Å². The van der Waals surface area contributed by atoms with E-state index in [2.05, 4.69) is 39.6 Å². The van der Waals surface area contributed by atoms with Crippen LogP contribution in [0.2, 0.25) is 0 Å². The molecule has 0 fully saturated rings. The maximum atomic E-state index is 9.87. The first-order valence-corrected chi connectivity index (χ1v) is 9.28. The number of phenols is 1. The van der Waals surface area contributed by atoms with Gasteiger partial charge in [-0.2, -0.15) is 5.10 Å². The van der Waals surface area contributed by atoms with Crippen molar-refractivity contribution in [1.29, 1.82) is 0 Å². The maximum absolute atomic E-state index is 9.87. The summed E-state index contributed by atoms with van der Waals surface area (Å²) in [5, 5.41) is 14.1. The van der Waals surface area contributed by atoms with Gasteiger partial charge in [0.2, 0.25) is 5.95 Å². The number of rotatable bonds is 5. The van der Waals surface area contributed by atoms with Gasteiger partial charge in [-0.1, -0.05) is 72.3 Å². The topological polar surface area (TPSA) is 70.4 Å². The number of aryl methyl sites for hydroxylation is 1. The molecule has 0 saturated carbocycles. The van der Waals surface area contributed by atoms with E-state index in [1.54, 1.807) is 24.4 Å². The smallest absolute Gasteiger partial charge is 0.244 e. The summed E-state index contributed by atoms with van der Waals surface area (Å²) in [6.07, 6.45) is 1.54. The van der Waals surface area contributed by atoms with Crippen molar-refractivity contribution in [2.75, 3.05) is 5.43 Å². The molecule has 5 heteroatoms. The van der Waals surface area contributed by atoms with Crippen molar-refractivity contribution in [3.8, 4) is 28.3 Å². The average molecular weight is 380 g/mol. The van der Waals surface area contributed by atoms with Gasteiger partial charge in [-0.05, 0) is 25.1 Å². The lowest BCUT2D eigenvalue weighted by Gasteiger charge is -2.08. The van der Waals surface area contributed by atoms with Crippen molar-refractivity contribution in [1.82, 2.24) is 9.97 Å². The first kappa shape index (κ1) is 18.4. The Kier molecular flexibility index (Phi) is 5.29. The molecule has 0 saturated heterocycles. The van der Waals surface area contributed by atoms with Crippen LogP contribution in [0, 0.1) is 6.92 Å². The van der Waals surface area contributed by atoms with Gasteiger partial charge in [0.25, 0.3) is 0 Å². The second kappa shape index (κ2) is 8.35. The van der Waals surface area contributed by atoms with Crippen molar-refractivity contribution in [3.63, 3.8) is 0 Å². The van der Waals surface area contributed by atoms with Gasteiger partial charge in [-0.3, -0.25) is 0 Å². The number of anilines is 1. The number of hydrogen-bond acceptors (Lipinski definition) is 5. The molecule has 0 amide bonds. The summed E-state index contributed by atoms with van der Waals surface area (Å²) >= 11 is 0. The molecule has 0 bridgehead atoms. The van der Waals surface area contributed by atoms with Crippen LogP contribution in [0.4, 0.5) is 5.95 Å². The fourth-order valence-corrected chi connectivity index (χ4v) is 2.88. The van der Waals surface area contributed by atoms with E-state index in [0.29, 0.717) is 11.5 Å². The minimum Gasteiger partial charge on any atom is -0.507 e. The highest BCUT2D eigenvalue weighted by molar-refractivity contribution is 5.83. The van der Waals surface area contributed by atoms with Gasteiger partial charge in [0.05, 0.1) is 17.6 Å². The standard InChI is InChI=1S/C24H20N4O/c1-17-11-13-19(14-12-17)22-15-21(18-7-3-2-4-8-18)26-24(27-22)28-25-16-20-9-5-6-10-23(20)29/h2-16,29H,1H3,(H,26,27,28)/b25-16+. The normalized spacial score (nSPS) is 10.9. The molecule has 142 valence electrons. The summed E-state index contributed by atoms with van der Waals surface area (Å²) in [5.74, 6) is 0.547. The van der Waals surface area contributed by atoms with Crippen molar-refractivity contribution >= 4 is 12.2 Å². The molecule has 0 aliphatic carbocycles. The molecular formula is C24H20N4O. The summed E-state index contributed by atoms with van der Waals surface area (Å²) in [4.78, 5) is 9.22. The number of phenolic OH excluding ortho intramolecular Hbond substituents is 1. The van der Waals surface area contributed by atoms with E-state index in [1.807, 2.05) is 54.6 Å². The minimum atomic E-state index is 0.164. The fourth-order valence-electron chi connectivity index (χ4n) is 2.88. The molecule has 0 unspecified atom stereocenters. The average Bonchev–Trinajstić information content (AvgIpc) is 2.76. The van der Waals surface area contributed by atoms with Crippen LogP contribution in [-0.2, 0) is 0 Å². The quantitative estimate of drug-likeness (QED) is 0.365. The van der Waals surface area contributed by atoms with Crippen LogP contribution in [0.25, 0.3) is 22.5 Å². The van der Waals surface area contributed by atoms with Crippen LogP contribution in [0.15, 0.2) is 90.0 Å². The number of nitrogens with one attached hydrogen (secondary N) is 1. The van der Waals surface area contributed by atoms with Crippen LogP contribution in [0.5, 0.6) is 5.75 Å². The zero-order valence-electron chi connectivity index (χ0n) is 15.9. The monoisotopic (exact) mass is 380 g/mol. The van der Waals surface area contributed by atoms with E-state index in [9.17, 15) is 5.11 Å². The number of nitrogens with zero attached hydrogens (tertiary/aromatic N) is 3.